The van der Waals surface area contributed by atoms with Gasteiger partial charge in [-0.05, 0) is 60.9 Å². The van der Waals surface area contributed by atoms with Crippen molar-refractivity contribution in [2.75, 3.05) is 13.2 Å². The van der Waals surface area contributed by atoms with E-state index in [1.54, 1.807) is 48.5 Å². The lowest BCUT2D eigenvalue weighted by Gasteiger charge is -2.24. The number of carbonyl (C=O) groups excluding carboxylic acids is 1. The molecule has 0 saturated carbocycles. The molecule has 0 saturated heterocycles. The Kier molecular flexibility index (Phi) is 7.51. The largest absolute Gasteiger partial charge is 0.493 e. The minimum Gasteiger partial charge on any atom is -0.493 e. The van der Waals surface area contributed by atoms with Crippen LogP contribution >= 0.6 is 34.8 Å². The summed E-state index contributed by atoms with van der Waals surface area (Å²) in [6.07, 6.45) is 0.958. The number of nitrogens with one attached hydrogen (secondary N) is 1. The van der Waals surface area contributed by atoms with Gasteiger partial charge in [0.1, 0.15) is 17.2 Å². The first-order valence-corrected chi connectivity index (χ1v) is 11.6. The summed E-state index contributed by atoms with van der Waals surface area (Å²) < 4.78 is 11.5. The van der Waals surface area contributed by atoms with Crippen LogP contribution in [0, 0.1) is 0 Å². The molecule has 1 heterocycles. The second-order valence-corrected chi connectivity index (χ2v) is 8.97. The number of halogens is 3. The monoisotopic (exact) mass is 519 g/mol. The predicted octanol–water partition coefficient (Wildman–Crippen LogP) is 6.36. The molecule has 9 heteroatoms. The average Bonchev–Trinajstić information content (AvgIpc) is 2.81. The van der Waals surface area contributed by atoms with Crippen LogP contribution < -0.4 is 14.8 Å². The Labute approximate surface area is 211 Å². The molecule has 0 bridgehead atoms. The minimum atomic E-state index is -0.917. The molecule has 0 fully saturated rings. The molecule has 34 heavy (non-hydrogen) atoms. The maximum atomic E-state index is 12.5. The van der Waals surface area contributed by atoms with E-state index in [-0.39, 0.29) is 10.9 Å². The maximum Gasteiger partial charge on any atom is 0.311 e. The topological polar surface area (TPSA) is 84.9 Å². The van der Waals surface area contributed by atoms with Gasteiger partial charge < -0.3 is 19.9 Å². The number of benzene rings is 3. The van der Waals surface area contributed by atoms with Crippen molar-refractivity contribution >= 4 is 46.7 Å². The summed E-state index contributed by atoms with van der Waals surface area (Å²) in [4.78, 5) is 23.9. The first kappa shape index (κ1) is 24.2. The molecule has 1 amide bonds. The molecule has 1 atom stereocenters. The van der Waals surface area contributed by atoms with Gasteiger partial charge in [-0.3, -0.25) is 9.59 Å². The lowest BCUT2D eigenvalue weighted by Crippen LogP contribution is -2.25. The smallest absolute Gasteiger partial charge is 0.311 e. The molecular formula is C25H20Cl3NO5. The van der Waals surface area contributed by atoms with Crippen LogP contribution in [-0.2, 0) is 11.2 Å². The fraction of sp³-hybridized carbons (Fsp3) is 0.200. The number of ether oxygens (including phenoxy) is 2. The van der Waals surface area contributed by atoms with Crippen molar-refractivity contribution in [1.82, 2.24) is 5.32 Å². The lowest BCUT2D eigenvalue weighted by atomic mass is 9.93. The van der Waals surface area contributed by atoms with Crippen molar-refractivity contribution in [1.29, 1.82) is 0 Å². The van der Waals surface area contributed by atoms with Crippen LogP contribution in [0.15, 0.2) is 54.6 Å². The number of hydrogen-bond acceptors (Lipinski definition) is 4. The molecular weight excluding hydrogens is 501 g/mol. The highest BCUT2D eigenvalue weighted by atomic mass is 35.5. The predicted molar refractivity (Wildman–Crippen MR) is 131 cm³/mol. The Morgan fingerprint density at radius 1 is 1.03 bits per heavy atom. The number of carbonyl (C=O) groups is 2. The second-order valence-electron chi connectivity index (χ2n) is 7.72. The van der Waals surface area contributed by atoms with Gasteiger partial charge in [0.25, 0.3) is 5.91 Å². The molecule has 0 aromatic heterocycles. The zero-order valence-electron chi connectivity index (χ0n) is 17.8. The number of amides is 1. The fourth-order valence-corrected chi connectivity index (χ4v) is 4.38. The number of hydrogen-bond donors (Lipinski definition) is 2. The third-order valence-electron chi connectivity index (χ3n) is 5.44. The van der Waals surface area contributed by atoms with Gasteiger partial charge in [-0.1, -0.05) is 40.9 Å². The highest BCUT2D eigenvalue weighted by molar-refractivity contribution is 6.35. The van der Waals surface area contributed by atoms with E-state index in [2.05, 4.69) is 5.32 Å². The summed E-state index contributed by atoms with van der Waals surface area (Å²) in [5.74, 6) is -0.560. The molecule has 3 aromatic carbocycles. The maximum absolute atomic E-state index is 12.5. The number of aliphatic carboxylic acids is 1. The summed E-state index contributed by atoms with van der Waals surface area (Å²) >= 11 is 18.4. The van der Waals surface area contributed by atoms with Crippen LogP contribution in [0.3, 0.4) is 0 Å². The molecule has 1 aliphatic heterocycles. The zero-order chi connectivity index (χ0) is 24.2. The van der Waals surface area contributed by atoms with Crippen molar-refractivity contribution < 1.29 is 24.2 Å². The van der Waals surface area contributed by atoms with Crippen molar-refractivity contribution in [2.24, 2.45) is 0 Å². The van der Waals surface area contributed by atoms with Crippen LogP contribution in [0.1, 0.15) is 33.8 Å². The Morgan fingerprint density at radius 3 is 2.50 bits per heavy atom. The van der Waals surface area contributed by atoms with Gasteiger partial charge in [-0.2, -0.15) is 0 Å². The minimum absolute atomic E-state index is 0.225. The van der Waals surface area contributed by atoms with Gasteiger partial charge >= 0.3 is 5.97 Å². The van der Waals surface area contributed by atoms with Gasteiger partial charge in [0.15, 0.2) is 0 Å². The van der Waals surface area contributed by atoms with E-state index in [4.69, 9.17) is 44.3 Å². The fourth-order valence-electron chi connectivity index (χ4n) is 3.66. The standard InChI is InChI=1S/C25H20Cl3NO5/c26-16-4-1-14(20(27)11-16)7-9-29-24(30)15-2-5-17(6-3-15)34-23-13-22-19(12-21(23)28)18(25(31)32)8-10-33-22/h1-6,11-13,18H,7-10H2,(H,29,30)(H,31,32)/t18-/m1/s1. The summed E-state index contributed by atoms with van der Waals surface area (Å²) in [7, 11) is 0. The summed E-state index contributed by atoms with van der Waals surface area (Å²) in [6.45, 7) is 0.722. The highest BCUT2D eigenvalue weighted by Gasteiger charge is 2.29. The van der Waals surface area contributed by atoms with E-state index in [0.717, 1.165) is 5.56 Å². The van der Waals surface area contributed by atoms with Crippen LogP contribution in [0.5, 0.6) is 17.2 Å². The highest BCUT2D eigenvalue weighted by Crippen LogP contribution is 2.41. The van der Waals surface area contributed by atoms with E-state index in [1.165, 1.54) is 0 Å². The molecule has 2 N–H and O–H groups in total. The Morgan fingerprint density at radius 2 is 1.79 bits per heavy atom. The van der Waals surface area contributed by atoms with Crippen LogP contribution in [-0.4, -0.2) is 30.1 Å². The molecule has 4 rings (SSSR count). The molecule has 176 valence electrons. The number of fused-ring (bicyclic) bond motifs is 1. The van der Waals surface area contributed by atoms with Crippen molar-refractivity contribution in [3.05, 3.63) is 86.4 Å². The Balaban J connectivity index is 1.38. The summed E-state index contributed by atoms with van der Waals surface area (Å²) in [5.41, 5.74) is 1.90. The van der Waals surface area contributed by atoms with Gasteiger partial charge in [0, 0.05) is 33.8 Å². The number of carboxylic acid groups (broad SMARTS) is 1. The van der Waals surface area contributed by atoms with E-state index in [0.29, 0.717) is 64.4 Å². The Bertz CT molecular complexity index is 1230. The van der Waals surface area contributed by atoms with E-state index >= 15 is 0 Å². The first-order chi connectivity index (χ1) is 16.3. The molecule has 6 nitrogen and oxygen atoms in total. The van der Waals surface area contributed by atoms with Crippen LogP contribution in [0.2, 0.25) is 15.1 Å². The number of rotatable bonds is 7. The second kappa shape index (κ2) is 10.6. The van der Waals surface area contributed by atoms with Crippen molar-refractivity contribution in [3.8, 4) is 17.2 Å². The van der Waals surface area contributed by atoms with Gasteiger partial charge in [0.05, 0.1) is 17.5 Å². The summed E-state index contributed by atoms with van der Waals surface area (Å²) in [6, 6.07) is 15.0. The molecule has 0 spiro atoms. The first-order valence-electron chi connectivity index (χ1n) is 10.5. The van der Waals surface area contributed by atoms with E-state index in [9.17, 15) is 14.7 Å². The normalized spacial score (nSPS) is 14.6. The lowest BCUT2D eigenvalue weighted by molar-refractivity contribution is -0.139. The third kappa shape index (κ3) is 5.58. The zero-order valence-corrected chi connectivity index (χ0v) is 20.1. The van der Waals surface area contributed by atoms with Crippen molar-refractivity contribution in [3.63, 3.8) is 0 Å². The molecule has 0 aliphatic carbocycles. The third-order valence-corrected chi connectivity index (χ3v) is 6.32. The van der Waals surface area contributed by atoms with Gasteiger partial charge in [0.2, 0.25) is 0 Å². The molecule has 0 radical (unpaired) electrons. The number of carboxylic acids is 1. The Hall–Kier alpha value is -2.93. The van der Waals surface area contributed by atoms with Gasteiger partial charge in [-0.15, -0.1) is 0 Å². The molecule has 1 aliphatic rings. The quantitative estimate of drug-likeness (QED) is 0.378. The molecule has 3 aromatic rings. The van der Waals surface area contributed by atoms with Gasteiger partial charge in [-0.25, -0.2) is 0 Å². The van der Waals surface area contributed by atoms with Crippen LogP contribution in [0.25, 0.3) is 0 Å². The van der Waals surface area contributed by atoms with E-state index in [1.807, 2.05) is 6.07 Å². The SMILES string of the molecule is O=C(NCCc1ccc(Cl)cc1Cl)c1ccc(Oc2cc3c(cc2Cl)[C@H](C(=O)O)CCO3)cc1. The average molecular weight is 521 g/mol. The summed E-state index contributed by atoms with van der Waals surface area (Å²) in [5, 5.41) is 13.7. The molecule has 0 unspecified atom stereocenters. The van der Waals surface area contributed by atoms with Crippen molar-refractivity contribution in [2.45, 2.75) is 18.8 Å². The van der Waals surface area contributed by atoms with E-state index < -0.39 is 11.9 Å². The van der Waals surface area contributed by atoms with Crippen LogP contribution in [0.4, 0.5) is 0 Å².